The Morgan fingerprint density at radius 1 is 1.20 bits per heavy atom. The number of hydrogen-bond acceptors (Lipinski definition) is 3. The largest absolute Gasteiger partial charge is 0.485 e. The molecule has 0 spiro atoms. The van der Waals surface area contributed by atoms with E-state index in [0.29, 0.717) is 24.7 Å². The van der Waals surface area contributed by atoms with Crippen LogP contribution in [0, 0.1) is 13.8 Å². The van der Waals surface area contributed by atoms with Crippen LogP contribution >= 0.6 is 0 Å². The summed E-state index contributed by atoms with van der Waals surface area (Å²) in [5.41, 5.74) is 2.17. The fraction of sp³-hybridized carbons (Fsp3) is 0.312. The fourth-order valence-electron chi connectivity index (χ4n) is 2.00. The zero-order valence-corrected chi connectivity index (χ0v) is 12.0. The van der Waals surface area contributed by atoms with Gasteiger partial charge in [-0.15, -0.1) is 0 Å². The maximum Gasteiger partial charge on any atom is 0.286 e. The van der Waals surface area contributed by atoms with E-state index in [-0.39, 0.29) is 5.91 Å². The number of aryl methyl sites for hydroxylation is 2. The summed E-state index contributed by atoms with van der Waals surface area (Å²) < 4.78 is 11.2. The summed E-state index contributed by atoms with van der Waals surface area (Å²) in [5, 5.41) is 2.69. The number of para-hydroxylation sites is 1. The molecule has 0 aliphatic rings. The molecule has 0 radical (unpaired) electrons. The van der Waals surface area contributed by atoms with E-state index in [1.165, 1.54) is 0 Å². The van der Waals surface area contributed by atoms with Crippen molar-refractivity contribution in [2.75, 3.05) is 6.54 Å². The first-order valence-electron chi connectivity index (χ1n) is 6.67. The Bertz CT molecular complexity index is 581. The van der Waals surface area contributed by atoms with Gasteiger partial charge in [-0.1, -0.05) is 18.2 Å². The van der Waals surface area contributed by atoms with Gasteiger partial charge in [0.25, 0.3) is 5.91 Å². The lowest BCUT2D eigenvalue weighted by atomic mass is 10.1. The molecular formula is C16H19NO3. The number of carbonyl (C=O) groups excluding carboxylic acids is 1. The lowest BCUT2D eigenvalue weighted by Gasteiger charge is -2.10. The zero-order valence-electron chi connectivity index (χ0n) is 12.0. The predicted octanol–water partition coefficient (Wildman–Crippen LogP) is 3.23. The number of ether oxygens (including phenoxy) is 1. The topological polar surface area (TPSA) is 51.5 Å². The summed E-state index contributed by atoms with van der Waals surface area (Å²) in [6, 6.07) is 9.43. The van der Waals surface area contributed by atoms with Crippen LogP contribution in [-0.2, 0) is 6.61 Å². The molecule has 1 aromatic carbocycles. The van der Waals surface area contributed by atoms with Crippen molar-refractivity contribution < 1.29 is 13.9 Å². The molecule has 1 heterocycles. The molecule has 0 atom stereocenters. The Labute approximate surface area is 118 Å². The summed E-state index contributed by atoms with van der Waals surface area (Å²) in [4.78, 5) is 11.6. The van der Waals surface area contributed by atoms with Crippen molar-refractivity contribution in [2.45, 2.75) is 27.4 Å². The molecule has 0 fully saturated rings. The van der Waals surface area contributed by atoms with Crippen molar-refractivity contribution in [1.82, 2.24) is 5.32 Å². The lowest BCUT2D eigenvalue weighted by molar-refractivity contribution is 0.0924. The quantitative estimate of drug-likeness (QED) is 0.910. The Hall–Kier alpha value is -2.23. The van der Waals surface area contributed by atoms with E-state index in [2.05, 4.69) is 5.32 Å². The van der Waals surface area contributed by atoms with Crippen molar-refractivity contribution in [2.24, 2.45) is 0 Å². The van der Waals surface area contributed by atoms with Gasteiger partial charge < -0.3 is 14.5 Å². The molecule has 0 aliphatic heterocycles. The van der Waals surface area contributed by atoms with Crippen LogP contribution in [0.15, 0.2) is 34.7 Å². The highest BCUT2D eigenvalue weighted by molar-refractivity contribution is 5.91. The smallest absolute Gasteiger partial charge is 0.286 e. The molecule has 0 bridgehead atoms. The number of furan rings is 1. The van der Waals surface area contributed by atoms with Crippen molar-refractivity contribution in [3.8, 4) is 5.75 Å². The molecule has 20 heavy (non-hydrogen) atoms. The van der Waals surface area contributed by atoms with Crippen LogP contribution in [0.3, 0.4) is 0 Å². The van der Waals surface area contributed by atoms with Gasteiger partial charge in [0.1, 0.15) is 18.1 Å². The summed E-state index contributed by atoms with van der Waals surface area (Å²) in [7, 11) is 0. The first kappa shape index (κ1) is 14.2. The molecule has 4 heteroatoms. The van der Waals surface area contributed by atoms with Crippen molar-refractivity contribution in [3.63, 3.8) is 0 Å². The maximum absolute atomic E-state index is 11.6. The van der Waals surface area contributed by atoms with E-state index < -0.39 is 0 Å². The van der Waals surface area contributed by atoms with Gasteiger partial charge in [0, 0.05) is 6.54 Å². The fourth-order valence-corrected chi connectivity index (χ4v) is 2.00. The van der Waals surface area contributed by atoms with Crippen LogP contribution in [0.25, 0.3) is 0 Å². The Morgan fingerprint density at radius 2 is 1.90 bits per heavy atom. The summed E-state index contributed by atoms with van der Waals surface area (Å²) >= 11 is 0. The van der Waals surface area contributed by atoms with Crippen LogP contribution in [0.1, 0.15) is 34.4 Å². The SMILES string of the molecule is CCNC(=O)c1ccc(COc2c(C)cccc2C)o1. The van der Waals surface area contributed by atoms with E-state index in [4.69, 9.17) is 9.15 Å². The molecule has 4 nitrogen and oxygen atoms in total. The standard InChI is InChI=1S/C16H19NO3/c1-4-17-16(18)14-9-8-13(20-14)10-19-15-11(2)6-5-7-12(15)3/h5-9H,4,10H2,1-3H3,(H,17,18). The van der Waals surface area contributed by atoms with Gasteiger partial charge >= 0.3 is 0 Å². The Morgan fingerprint density at radius 3 is 2.55 bits per heavy atom. The highest BCUT2D eigenvalue weighted by atomic mass is 16.5. The average Bonchev–Trinajstić information content (AvgIpc) is 2.87. The van der Waals surface area contributed by atoms with Crippen LogP contribution in [0.4, 0.5) is 0 Å². The van der Waals surface area contributed by atoms with Gasteiger partial charge in [-0.25, -0.2) is 0 Å². The third kappa shape index (κ3) is 3.20. The number of benzene rings is 1. The average molecular weight is 273 g/mol. The number of hydrogen-bond donors (Lipinski definition) is 1. The van der Waals surface area contributed by atoms with Gasteiger partial charge in [-0.3, -0.25) is 4.79 Å². The second-order valence-electron chi connectivity index (χ2n) is 4.64. The minimum Gasteiger partial charge on any atom is -0.485 e. The summed E-state index contributed by atoms with van der Waals surface area (Å²) in [6.07, 6.45) is 0. The first-order valence-corrected chi connectivity index (χ1v) is 6.67. The van der Waals surface area contributed by atoms with Crippen LogP contribution in [0.5, 0.6) is 5.75 Å². The van der Waals surface area contributed by atoms with Crippen molar-refractivity contribution in [1.29, 1.82) is 0 Å². The Kier molecular flexibility index (Phi) is 4.45. The zero-order chi connectivity index (χ0) is 14.5. The van der Waals surface area contributed by atoms with Crippen LogP contribution < -0.4 is 10.1 Å². The van der Waals surface area contributed by atoms with Crippen molar-refractivity contribution >= 4 is 5.91 Å². The van der Waals surface area contributed by atoms with Gasteiger partial charge in [-0.2, -0.15) is 0 Å². The Balaban J connectivity index is 2.03. The van der Waals surface area contributed by atoms with E-state index in [1.807, 2.05) is 39.0 Å². The molecule has 1 aromatic heterocycles. The van der Waals surface area contributed by atoms with E-state index in [1.54, 1.807) is 12.1 Å². The third-order valence-corrected chi connectivity index (χ3v) is 2.99. The highest BCUT2D eigenvalue weighted by Crippen LogP contribution is 2.23. The molecule has 2 aromatic rings. The minimum absolute atomic E-state index is 0.203. The van der Waals surface area contributed by atoms with Gasteiger partial charge in [0.2, 0.25) is 0 Å². The normalized spacial score (nSPS) is 10.3. The molecule has 2 rings (SSSR count). The van der Waals surface area contributed by atoms with E-state index >= 15 is 0 Å². The van der Waals surface area contributed by atoms with Gasteiger partial charge in [0.05, 0.1) is 0 Å². The summed E-state index contributed by atoms with van der Waals surface area (Å²) in [6.45, 7) is 6.76. The monoisotopic (exact) mass is 273 g/mol. The minimum atomic E-state index is -0.203. The van der Waals surface area contributed by atoms with Gasteiger partial charge in [-0.05, 0) is 44.0 Å². The van der Waals surface area contributed by atoms with E-state index in [0.717, 1.165) is 16.9 Å². The predicted molar refractivity (Wildman–Crippen MR) is 77.0 cm³/mol. The van der Waals surface area contributed by atoms with Crippen LogP contribution in [0.2, 0.25) is 0 Å². The highest BCUT2D eigenvalue weighted by Gasteiger charge is 2.11. The number of rotatable bonds is 5. The van der Waals surface area contributed by atoms with Gasteiger partial charge in [0.15, 0.2) is 5.76 Å². The molecule has 1 N–H and O–H groups in total. The second-order valence-corrected chi connectivity index (χ2v) is 4.64. The lowest BCUT2D eigenvalue weighted by Crippen LogP contribution is -2.21. The summed E-state index contributed by atoms with van der Waals surface area (Å²) in [5.74, 6) is 1.61. The molecular weight excluding hydrogens is 254 g/mol. The first-order chi connectivity index (χ1) is 9.61. The number of amides is 1. The molecule has 1 amide bonds. The number of carbonyl (C=O) groups is 1. The van der Waals surface area contributed by atoms with Crippen molar-refractivity contribution in [3.05, 3.63) is 53.0 Å². The molecule has 0 saturated carbocycles. The van der Waals surface area contributed by atoms with E-state index in [9.17, 15) is 4.79 Å². The number of nitrogens with one attached hydrogen (secondary N) is 1. The third-order valence-electron chi connectivity index (χ3n) is 2.99. The maximum atomic E-state index is 11.6. The molecule has 106 valence electrons. The molecule has 0 unspecified atom stereocenters. The molecule has 0 saturated heterocycles. The molecule has 0 aliphatic carbocycles. The van der Waals surface area contributed by atoms with Crippen LogP contribution in [-0.4, -0.2) is 12.5 Å². The second kappa shape index (κ2) is 6.28.